The highest BCUT2D eigenvalue weighted by atomic mass is 19.3. The van der Waals surface area contributed by atoms with Gasteiger partial charge in [0.1, 0.15) is 5.75 Å². The molecule has 0 radical (unpaired) electrons. The smallest absolute Gasteiger partial charge is 0.325 e. The van der Waals surface area contributed by atoms with Gasteiger partial charge < -0.3 is 4.74 Å². The fourth-order valence-corrected chi connectivity index (χ4v) is 1.74. The second kappa shape index (κ2) is 4.76. The number of hydrogen-bond acceptors (Lipinski definition) is 2. The molecule has 1 aliphatic rings. The minimum Gasteiger partial charge on any atom is -0.497 e. The van der Waals surface area contributed by atoms with Gasteiger partial charge in [0.15, 0.2) is 0 Å². The summed E-state index contributed by atoms with van der Waals surface area (Å²) in [4.78, 5) is 12.7. The van der Waals surface area contributed by atoms with E-state index in [1.54, 1.807) is 30.3 Å². The van der Waals surface area contributed by atoms with Crippen LogP contribution in [-0.4, -0.2) is 18.9 Å². The lowest BCUT2D eigenvalue weighted by Crippen LogP contribution is -2.39. The number of allylic oxidation sites excluding steroid dienone is 1. The van der Waals surface area contributed by atoms with Crippen molar-refractivity contribution in [2.75, 3.05) is 12.0 Å². The maximum Gasteiger partial charge on any atom is 0.325 e. The van der Waals surface area contributed by atoms with E-state index in [1.165, 1.54) is 13.3 Å². The molecule has 1 aliphatic heterocycles. The maximum absolute atomic E-state index is 13.5. The molecule has 2 rings (SSSR count). The van der Waals surface area contributed by atoms with E-state index in [0.717, 1.165) is 4.90 Å². The Labute approximate surface area is 104 Å². The van der Waals surface area contributed by atoms with Crippen molar-refractivity contribution in [1.82, 2.24) is 0 Å². The summed E-state index contributed by atoms with van der Waals surface area (Å²) in [7, 11) is 1.51. The van der Waals surface area contributed by atoms with Crippen LogP contribution in [-0.2, 0) is 4.79 Å². The standard InChI is InChI=1S/C13H13F2NO2/c1-18-11-6-4-10(5-7-11)16-9-3-2-8-13(14,15)12(16)17/h3-7,9H,2,8H2,1H3. The number of hydrogen-bond donors (Lipinski definition) is 0. The van der Waals surface area contributed by atoms with E-state index in [0.29, 0.717) is 11.4 Å². The van der Waals surface area contributed by atoms with E-state index < -0.39 is 18.3 Å². The first kappa shape index (κ1) is 12.5. The van der Waals surface area contributed by atoms with E-state index in [9.17, 15) is 13.6 Å². The number of rotatable bonds is 2. The van der Waals surface area contributed by atoms with Crippen LogP contribution in [0.3, 0.4) is 0 Å². The minimum absolute atomic E-state index is 0.186. The summed E-state index contributed by atoms with van der Waals surface area (Å²) in [5.74, 6) is -3.90. The van der Waals surface area contributed by atoms with Crippen molar-refractivity contribution in [1.29, 1.82) is 0 Å². The van der Waals surface area contributed by atoms with Crippen LogP contribution in [0.1, 0.15) is 12.8 Å². The fraction of sp³-hybridized carbons (Fsp3) is 0.308. The van der Waals surface area contributed by atoms with Gasteiger partial charge in [0.05, 0.1) is 7.11 Å². The number of alkyl halides is 2. The quantitative estimate of drug-likeness (QED) is 0.811. The van der Waals surface area contributed by atoms with E-state index in [2.05, 4.69) is 0 Å². The number of amides is 1. The monoisotopic (exact) mass is 253 g/mol. The second-order valence-electron chi connectivity index (χ2n) is 4.00. The van der Waals surface area contributed by atoms with Gasteiger partial charge >= 0.3 is 11.8 Å². The average molecular weight is 253 g/mol. The summed E-state index contributed by atoms with van der Waals surface area (Å²) in [5, 5.41) is 0. The molecule has 0 atom stereocenters. The lowest BCUT2D eigenvalue weighted by Gasteiger charge is -2.22. The van der Waals surface area contributed by atoms with Crippen molar-refractivity contribution in [3.05, 3.63) is 36.5 Å². The molecule has 3 nitrogen and oxygen atoms in total. The third kappa shape index (κ3) is 2.34. The number of benzene rings is 1. The molecule has 0 saturated heterocycles. The van der Waals surface area contributed by atoms with Crippen LogP contribution in [0, 0.1) is 0 Å². The zero-order chi connectivity index (χ0) is 13.2. The van der Waals surface area contributed by atoms with Crippen LogP contribution in [0.2, 0.25) is 0 Å². The molecule has 0 fully saturated rings. The maximum atomic E-state index is 13.5. The summed E-state index contributed by atoms with van der Waals surface area (Å²) in [5.41, 5.74) is 0.402. The molecule has 1 amide bonds. The predicted octanol–water partition coefficient (Wildman–Crippen LogP) is 2.97. The van der Waals surface area contributed by atoms with Crippen LogP contribution in [0.25, 0.3) is 0 Å². The molecule has 0 aromatic heterocycles. The van der Waals surface area contributed by atoms with Crippen LogP contribution in [0.4, 0.5) is 14.5 Å². The van der Waals surface area contributed by atoms with Crippen LogP contribution in [0.5, 0.6) is 5.75 Å². The van der Waals surface area contributed by atoms with Crippen molar-refractivity contribution in [3.63, 3.8) is 0 Å². The van der Waals surface area contributed by atoms with Gasteiger partial charge in [0.2, 0.25) is 0 Å². The highest BCUT2D eigenvalue weighted by Gasteiger charge is 2.42. The molecule has 18 heavy (non-hydrogen) atoms. The number of methoxy groups -OCH3 is 1. The Morgan fingerprint density at radius 3 is 2.56 bits per heavy atom. The molecule has 0 saturated carbocycles. The van der Waals surface area contributed by atoms with Crippen molar-refractivity contribution >= 4 is 11.6 Å². The lowest BCUT2D eigenvalue weighted by atomic mass is 10.2. The van der Waals surface area contributed by atoms with Crippen molar-refractivity contribution in [2.24, 2.45) is 0 Å². The number of halogens is 2. The molecule has 1 aromatic rings. The molecular formula is C13H13F2NO2. The lowest BCUT2D eigenvalue weighted by molar-refractivity contribution is -0.142. The van der Waals surface area contributed by atoms with E-state index in [4.69, 9.17) is 4.74 Å². The van der Waals surface area contributed by atoms with Gasteiger partial charge in [-0.05, 0) is 30.7 Å². The van der Waals surface area contributed by atoms with Gasteiger partial charge in [-0.25, -0.2) is 0 Å². The van der Waals surface area contributed by atoms with Gasteiger partial charge in [-0.2, -0.15) is 8.78 Å². The van der Waals surface area contributed by atoms with Crippen LogP contribution in [0.15, 0.2) is 36.5 Å². The molecule has 0 unspecified atom stereocenters. The molecule has 0 N–H and O–H groups in total. The highest BCUT2D eigenvalue weighted by Crippen LogP contribution is 2.30. The topological polar surface area (TPSA) is 29.5 Å². The molecule has 0 bridgehead atoms. The van der Waals surface area contributed by atoms with Crippen molar-refractivity contribution in [2.45, 2.75) is 18.8 Å². The second-order valence-corrected chi connectivity index (χ2v) is 4.00. The molecular weight excluding hydrogens is 240 g/mol. The number of carbonyl (C=O) groups is 1. The third-order valence-electron chi connectivity index (χ3n) is 2.76. The highest BCUT2D eigenvalue weighted by molar-refractivity contribution is 6.00. The van der Waals surface area contributed by atoms with Gasteiger partial charge in [-0.15, -0.1) is 0 Å². The number of ether oxygens (including phenoxy) is 1. The Bertz CT molecular complexity index is 468. The third-order valence-corrected chi connectivity index (χ3v) is 2.76. The van der Waals surface area contributed by atoms with Gasteiger partial charge in [0, 0.05) is 18.3 Å². The van der Waals surface area contributed by atoms with Gasteiger partial charge in [-0.1, -0.05) is 6.08 Å². The van der Waals surface area contributed by atoms with E-state index in [-0.39, 0.29) is 6.42 Å². The number of anilines is 1. The number of carbonyl (C=O) groups excluding carboxylic acids is 1. The summed E-state index contributed by atoms with van der Waals surface area (Å²) in [6, 6.07) is 6.39. The molecule has 96 valence electrons. The van der Waals surface area contributed by atoms with Crippen molar-refractivity contribution in [3.8, 4) is 5.75 Å². The predicted molar refractivity (Wildman–Crippen MR) is 63.8 cm³/mol. The number of nitrogens with zero attached hydrogens (tertiary/aromatic N) is 1. The fourth-order valence-electron chi connectivity index (χ4n) is 1.74. The SMILES string of the molecule is COc1ccc(N2C=CCCC(F)(F)C2=O)cc1. The van der Waals surface area contributed by atoms with Gasteiger partial charge in [0.25, 0.3) is 0 Å². The zero-order valence-electron chi connectivity index (χ0n) is 9.90. The van der Waals surface area contributed by atoms with Crippen LogP contribution >= 0.6 is 0 Å². The summed E-state index contributed by atoms with van der Waals surface area (Å²) < 4.78 is 31.9. The first-order valence-electron chi connectivity index (χ1n) is 5.57. The van der Waals surface area contributed by atoms with Crippen LogP contribution < -0.4 is 9.64 Å². The van der Waals surface area contributed by atoms with E-state index >= 15 is 0 Å². The normalized spacial score (nSPS) is 18.6. The molecule has 0 aliphatic carbocycles. The molecule has 1 heterocycles. The summed E-state index contributed by atoms with van der Waals surface area (Å²) >= 11 is 0. The van der Waals surface area contributed by atoms with Gasteiger partial charge in [-0.3, -0.25) is 9.69 Å². The average Bonchev–Trinajstić information content (AvgIpc) is 2.50. The largest absolute Gasteiger partial charge is 0.497 e. The molecule has 0 spiro atoms. The Morgan fingerprint density at radius 1 is 1.28 bits per heavy atom. The zero-order valence-corrected chi connectivity index (χ0v) is 9.90. The van der Waals surface area contributed by atoms with Crippen molar-refractivity contribution < 1.29 is 18.3 Å². The Kier molecular flexibility index (Phi) is 3.32. The first-order valence-corrected chi connectivity index (χ1v) is 5.57. The molecule has 1 aromatic carbocycles. The summed E-state index contributed by atoms with van der Waals surface area (Å²) in [6.07, 6.45) is 2.70. The molecule has 5 heteroatoms. The Hall–Kier alpha value is -1.91. The minimum atomic E-state index is -3.32. The first-order chi connectivity index (χ1) is 8.54. The summed E-state index contributed by atoms with van der Waals surface area (Å²) in [6.45, 7) is 0. The Morgan fingerprint density at radius 2 is 1.94 bits per heavy atom. The van der Waals surface area contributed by atoms with E-state index in [1.807, 2.05) is 0 Å². The Balaban J connectivity index is 2.32.